The highest BCUT2D eigenvalue weighted by Gasteiger charge is 2.36. The molecule has 0 spiro atoms. The number of ether oxygens (including phenoxy) is 1. The number of likely N-dealkylation sites (tertiary alicyclic amines) is 1. The Morgan fingerprint density at radius 3 is 2.26 bits per heavy atom. The number of carbonyl (C=O) groups excluding carboxylic acids is 2. The van der Waals surface area contributed by atoms with Crippen LogP contribution in [0.2, 0.25) is 0 Å². The Bertz CT molecular complexity index is 1040. The van der Waals surface area contributed by atoms with Crippen LogP contribution in [0.5, 0.6) is 0 Å². The minimum atomic E-state index is -0.964. The molecule has 0 bridgehead atoms. The van der Waals surface area contributed by atoms with Crippen LogP contribution in [-0.2, 0) is 14.3 Å². The van der Waals surface area contributed by atoms with Gasteiger partial charge < -0.3 is 20.1 Å². The van der Waals surface area contributed by atoms with Crippen LogP contribution in [0.3, 0.4) is 0 Å². The highest BCUT2D eigenvalue weighted by molar-refractivity contribution is 5.84. The Labute approximate surface area is 206 Å². The van der Waals surface area contributed by atoms with Gasteiger partial charge in [-0.25, -0.2) is 9.59 Å². The van der Waals surface area contributed by atoms with E-state index >= 15 is 0 Å². The van der Waals surface area contributed by atoms with Crippen molar-refractivity contribution in [3.63, 3.8) is 0 Å². The molecule has 1 saturated heterocycles. The van der Waals surface area contributed by atoms with Gasteiger partial charge in [-0.1, -0.05) is 68.8 Å². The summed E-state index contributed by atoms with van der Waals surface area (Å²) in [5, 5.41) is 12.5. The summed E-state index contributed by atoms with van der Waals surface area (Å²) in [5.41, 5.74) is 4.60. The van der Waals surface area contributed by atoms with Crippen LogP contribution in [0, 0.1) is 5.92 Å². The number of alkyl carbamates (subject to hydrolysis) is 1. The van der Waals surface area contributed by atoms with Gasteiger partial charge in [0.2, 0.25) is 5.91 Å². The molecular weight excluding hydrogens is 444 g/mol. The second kappa shape index (κ2) is 10.9. The molecule has 35 heavy (non-hydrogen) atoms. The van der Waals surface area contributed by atoms with Crippen molar-refractivity contribution < 1.29 is 24.2 Å². The van der Waals surface area contributed by atoms with E-state index in [9.17, 15) is 19.5 Å². The molecule has 0 radical (unpaired) electrons. The summed E-state index contributed by atoms with van der Waals surface area (Å²) in [6.45, 7) is 4.58. The number of aliphatic carboxylic acids is 1. The van der Waals surface area contributed by atoms with E-state index in [0.29, 0.717) is 25.3 Å². The van der Waals surface area contributed by atoms with Crippen LogP contribution in [-0.4, -0.2) is 53.2 Å². The third kappa shape index (κ3) is 5.34. The first-order valence-corrected chi connectivity index (χ1v) is 12.6. The normalized spacial score (nSPS) is 20.0. The molecule has 3 unspecified atom stereocenters. The fourth-order valence-corrected chi connectivity index (χ4v) is 5.37. The zero-order valence-corrected chi connectivity index (χ0v) is 20.4. The number of hydrogen-bond donors (Lipinski definition) is 2. The highest BCUT2D eigenvalue weighted by atomic mass is 16.5. The van der Waals surface area contributed by atoms with Gasteiger partial charge in [0.1, 0.15) is 12.6 Å². The average Bonchev–Trinajstić information content (AvgIpc) is 3.20. The largest absolute Gasteiger partial charge is 0.480 e. The van der Waals surface area contributed by atoms with Crippen LogP contribution >= 0.6 is 0 Å². The smallest absolute Gasteiger partial charge is 0.407 e. The zero-order valence-electron chi connectivity index (χ0n) is 20.4. The molecule has 2 amide bonds. The third-order valence-electron chi connectivity index (χ3n) is 7.47. The standard InChI is InChI=1S/C28H34N2O5/c1-3-18-13-14-30(25(15-18)27(32)33)26(31)16-19(4-2)29-28(34)35-17-24-22-11-7-5-9-20(22)21-10-6-8-12-23(21)24/h5-12,18-19,24-25H,3-4,13-17H2,1-2H3,(H,29,34)(H,32,33). The molecule has 2 N–H and O–H groups in total. The van der Waals surface area contributed by atoms with E-state index in [1.165, 1.54) is 4.90 Å². The van der Waals surface area contributed by atoms with Gasteiger partial charge in [-0.05, 0) is 47.4 Å². The van der Waals surface area contributed by atoms with Crippen LogP contribution in [0.25, 0.3) is 11.1 Å². The summed E-state index contributed by atoms with van der Waals surface area (Å²) < 4.78 is 5.62. The van der Waals surface area contributed by atoms with Crippen LogP contribution in [0.4, 0.5) is 4.79 Å². The lowest BCUT2D eigenvalue weighted by Gasteiger charge is -2.37. The number of nitrogens with one attached hydrogen (secondary N) is 1. The Hall–Kier alpha value is -3.35. The molecule has 2 aliphatic rings. The molecule has 1 fully saturated rings. The zero-order chi connectivity index (χ0) is 24.9. The first kappa shape index (κ1) is 24.8. The molecule has 7 nitrogen and oxygen atoms in total. The minimum Gasteiger partial charge on any atom is -0.480 e. The molecule has 2 aromatic rings. The van der Waals surface area contributed by atoms with Crippen molar-refractivity contribution in [2.75, 3.05) is 13.2 Å². The minimum absolute atomic E-state index is 0.0361. The summed E-state index contributed by atoms with van der Waals surface area (Å²) in [4.78, 5) is 38.9. The predicted octanol–water partition coefficient (Wildman–Crippen LogP) is 4.80. The van der Waals surface area contributed by atoms with Crippen LogP contribution in [0.1, 0.15) is 63.0 Å². The first-order chi connectivity index (χ1) is 16.9. The number of carboxylic acid groups (broad SMARTS) is 1. The van der Waals surface area contributed by atoms with Gasteiger partial charge in [0.25, 0.3) is 0 Å². The number of carbonyl (C=O) groups is 3. The van der Waals surface area contributed by atoms with Gasteiger partial charge in [-0.2, -0.15) is 0 Å². The van der Waals surface area contributed by atoms with Crippen molar-refractivity contribution in [3.05, 3.63) is 59.7 Å². The van der Waals surface area contributed by atoms with E-state index in [1.807, 2.05) is 38.1 Å². The SMILES string of the molecule is CCC1CCN(C(=O)CC(CC)NC(=O)OCC2c3ccccc3-c3ccccc32)C(C(=O)O)C1. The fraction of sp³-hybridized carbons (Fsp3) is 0.464. The molecule has 1 aliphatic heterocycles. The summed E-state index contributed by atoms with van der Waals surface area (Å²) in [6.07, 6.45) is 2.23. The lowest BCUT2D eigenvalue weighted by molar-refractivity contribution is -0.153. The van der Waals surface area contributed by atoms with E-state index in [1.54, 1.807) is 0 Å². The summed E-state index contributed by atoms with van der Waals surface area (Å²) in [5.74, 6) is -0.918. The molecule has 0 saturated carbocycles. The molecule has 4 rings (SSSR count). The Morgan fingerprint density at radius 1 is 1.06 bits per heavy atom. The van der Waals surface area contributed by atoms with Gasteiger partial charge in [0, 0.05) is 24.9 Å². The van der Waals surface area contributed by atoms with Crippen LogP contribution < -0.4 is 5.32 Å². The topological polar surface area (TPSA) is 95.9 Å². The van der Waals surface area contributed by atoms with Crippen molar-refractivity contribution >= 4 is 18.0 Å². The van der Waals surface area contributed by atoms with Gasteiger partial charge >= 0.3 is 12.1 Å². The van der Waals surface area contributed by atoms with E-state index in [4.69, 9.17) is 4.74 Å². The number of carboxylic acids is 1. The predicted molar refractivity (Wildman–Crippen MR) is 133 cm³/mol. The van der Waals surface area contributed by atoms with Gasteiger partial charge in [0.05, 0.1) is 0 Å². The second-order valence-corrected chi connectivity index (χ2v) is 9.52. The van der Waals surface area contributed by atoms with Crippen LogP contribution in [0.15, 0.2) is 48.5 Å². The molecule has 0 aromatic heterocycles. The molecule has 1 heterocycles. The van der Waals surface area contributed by atoms with Crippen molar-refractivity contribution in [1.29, 1.82) is 0 Å². The van der Waals surface area contributed by atoms with Gasteiger partial charge in [-0.3, -0.25) is 4.79 Å². The Morgan fingerprint density at radius 2 is 1.69 bits per heavy atom. The number of hydrogen-bond acceptors (Lipinski definition) is 4. The number of rotatable bonds is 8. The summed E-state index contributed by atoms with van der Waals surface area (Å²) in [7, 11) is 0. The van der Waals surface area contributed by atoms with Crippen molar-refractivity contribution in [2.45, 2.75) is 64.0 Å². The summed E-state index contributed by atoms with van der Waals surface area (Å²) in [6, 6.07) is 15.1. The number of benzene rings is 2. The maximum absolute atomic E-state index is 13.0. The van der Waals surface area contributed by atoms with Crippen molar-refractivity contribution in [2.24, 2.45) is 5.92 Å². The molecule has 1 aliphatic carbocycles. The van der Waals surface area contributed by atoms with E-state index < -0.39 is 24.1 Å². The van der Waals surface area contributed by atoms with Gasteiger partial charge in [0.15, 0.2) is 0 Å². The van der Waals surface area contributed by atoms with E-state index in [2.05, 4.69) is 29.6 Å². The number of nitrogens with zero attached hydrogens (tertiary/aromatic N) is 1. The lowest BCUT2D eigenvalue weighted by atomic mass is 9.88. The lowest BCUT2D eigenvalue weighted by Crippen LogP contribution is -2.51. The van der Waals surface area contributed by atoms with E-state index in [0.717, 1.165) is 35.1 Å². The monoisotopic (exact) mass is 478 g/mol. The van der Waals surface area contributed by atoms with Crippen molar-refractivity contribution in [1.82, 2.24) is 10.2 Å². The van der Waals surface area contributed by atoms with Crippen molar-refractivity contribution in [3.8, 4) is 11.1 Å². The maximum Gasteiger partial charge on any atom is 0.407 e. The molecule has 3 atom stereocenters. The number of amides is 2. The Balaban J connectivity index is 1.35. The highest BCUT2D eigenvalue weighted by Crippen LogP contribution is 2.44. The Kier molecular flexibility index (Phi) is 7.73. The number of fused-ring (bicyclic) bond motifs is 3. The average molecular weight is 479 g/mol. The number of piperidine rings is 1. The molecule has 186 valence electrons. The van der Waals surface area contributed by atoms with E-state index in [-0.39, 0.29) is 24.9 Å². The van der Waals surface area contributed by atoms with Gasteiger partial charge in [-0.15, -0.1) is 0 Å². The quantitative estimate of drug-likeness (QED) is 0.568. The first-order valence-electron chi connectivity index (χ1n) is 12.6. The fourth-order valence-electron chi connectivity index (χ4n) is 5.37. The summed E-state index contributed by atoms with van der Waals surface area (Å²) >= 11 is 0. The maximum atomic E-state index is 13.0. The second-order valence-electron chi connectivity index (χ2n) is 9.52. The molecular formula is C28H34N2O5. The molecule has 2 aromatic carbocycles. The third-order valence-corrected chi connectivity index (χ3v) is 7.47. The molecule has 7 heteroatoms.